The van der Waals surface area contributed by atoms with Crippen LogP contribution in [0.1, 0.15) is 83.3 Å². The standard InChI is InChI=1S/C36H48ClN5O9S/c1-5-22-14-21(2)8-6-7-9-25-18-36(25,33(45)40-52(48,49)35(3)12-13-35)39-31(43)28-17-27(20-41(28)32(44)30(22)38-34(46)47)51-42-19-24-15-26(37)11-10-23(24)16-29(42)50-4/h7,9-11,15-16,21-22,25,27-28,30,38H,5-6,8,12-14,17-20H2,1-4H3,(H,39,43)(H,40,45)(H,46,47)/b9-7-/t21-,22-,25-,27-,28+,30+,36-/m1/s1. The van der Waals surface area contributed by atoms with Gasteiger partial charge in [-0.3, -0.25) is 23.9 Å². The lowest BCUT2D eigenvalue weighted by Crippen LogP contribution is -2.59. The summed E-state index contributed by atoms with van der Waals surface area (Å²) in [6.45, 7) is 5.73. The highest BCUT2D eigenvalue weighted by molar-refractivity contribution is 7.91. The SMILES string of the molecule is CC[C@@H]1C[C@H](C)CC/C=C\[C@@H]2C[C@@]2(C(=O)NS(=O)(=O)C2(C)CC2)NC(=O)[C@@H]2C[C@@H](ON3Cc4cc(Cl)ccc4C=C3OC)CN2C(=O)[C@H]1NC(=O)O. The summed E-state index contributed by atoms with van der Waals surface area (Å²) in [6.07, 6.45) is 7.01. The Labute approximate surface area is 309 Å². The number of carbonyl (C=O) groups is 4. The first kappa shape index (κ1) is 37.9. The molecule has 3 fully saturated rings. The van der Waals surface area contributed by atoms with Crippen LogP contribution < -0.4 is 15.4 Å². The molecule has 0 spiro atoms. The minimum atomic E-state index is -4.00. The number of methoxy groups -OCH3 is 1. The summed E-state index contributed by atoms with van der Waals surface area (Å²) in [5.74, 6) is -2.35. The molecule has 0 bridgehead atoms. The zero-order valence-electron chi connectivity index (χ0n) is 29.9. The largest absolute Gasteiger partial charge is 0.481 e. The minimum Gasteiger partial charge on any atom is -0.481 e. The first-order valence-corrected chi connectivity index (χ1v) is 19.8. The van der Waals surface area contributed by atoms with Crippen molar-refractivity contribution in [2.24, 2.45) is 17.8 Å². The average Bonchev–Trinajstić information content (AvgIpc) is 3.97. The van der Waals surface area contributed by atoms with Gasteiger partial charge >= 0.3 is 6.09 Å². The number of rotatable bonds is 8. The number of benzene rings is 1. The van der Waals surface area contributed by atoms with E-state index in [1.54, 1.807) is 19.1 Å². The number of carbonyl (C=O) groups excluding carboxylic acids is 3. The fraction of sp³-hybridized carbons (Fsp3) is 0.611. The molecule has 3 heterocycles. The molecule has 5 aliphatic rings. The number of fused-ring (bicyclic) bond motifs is 3. The van der Waals surface area contributed by atoms with Crippen molar-refractivity contribution in [1.29, 1.82) is 0 Å². The highest BCUT2D eigenvalue weighted by atomic mass is 35.5. The number of ether oxygens (including phenoxy) is 1. The summed E-state index contributed by atoms with van der Waals surface area (Å²) >= 11 is 6.27. The molecule has 1 aromatic carbocycles. The van der Waals surface area contributed by atoms with E-state index < -0.39 is 68.2 Å². The summed E-state index contributed by atoms with van der Waals surface area (Å²) in [5.41, 5.74) is 0.223. The molecular formula is C36H48ClN5O9S. The van der Waals surface area contributed by atoms with Crippen LogP contribution in [0.3, 0.4) is 0 Å². The fourth-order valence-corrected chi connectivity index (χ4v) is 9.17. The van der Waals surface area contributed by atoms with E-state index in [1.165, 1.54) is 17.1 Å². The zero-order valence-corrected chi connectivity index (χ0v) is 31.5. The Hall–Kier alpha value is -3.82. The molecule has 2 saturated carbocycles. The Bertz CT molecular complexity index is 1780. The Kier molecular flexibility index (Phi) is 10.6. The molecule has 4 N–H and O–H groups in total. The number of sulfonamides is 1. The molecule has 284 valence electrons. The van der Waals surface area contributed by atoms with Crippen molar-refractivity contribution >= 4 is 51.5 Å². The maximum Gasteiger partial charge on any atom is 0.405 e. The normalized spacial score (nSPS) is 32.1. The van der Waals surface area contributed by atoms with Crippen LogP contribution in [0.4, 0.5) is 4.79 Å². The molecule has 7 atom stereocenters. The van der Waals surface area contributed by atoms with Crippen molar-refractivity contribution in [3.63, 3.8) is 0 Å². The second-order valence-corrected chi connectivity index (χ2v) is 17.8. The summed E-state index contributed by atoms with van der Waals surface area (Å²) < 4.78 is 33.1. The predicted octanol–water partition coefficient (Wildman–Crippen LogP) is 3.91. The Morgan fingerprint density at radius 2 is 1.94 bits per heavy atom. The van der Waals surface area contributed by atoms with Gasteiger partial charge < -0.3 is 25.4 Å². The Morgan fingerprint density at radius 1 is 1.19 bits per heavy atom. The molecule has 1 saturated heterocycles. The zero-order chi connectivity index (χ0) is 37.6. The number of amides is 4. The molecule has 0 unspecified atom stereocenters. The van der Waals surface area contributed by atoms with Crippen molar-refractivity contribution in [1.82, 2.24) is 25.3 Å². The summed E-state index contributed by atoms with van der Waals surface area (Å²) in [6, 6.07) is 3.15. The number of hydrogen-bond donors (Lipinski definition) is 4. The van der Waals surface area contributed by atoms with Gasteiger partial charge in [-0.2, -0.15) is 0 Å². The lowest BCUT2D eigenvalue weighted by Gasteiger charge is -2.33. The van der Waals surface area contributed by atoms with Crippen molar-refractivity contribution in [3.8, 4) is 0 Å². The monoisotopic (exact) mass is 761 g/mol. The quantitative estimate of drug-likeness (QED) is 0.284. The van der Waals surface area contributed by atoms with E-state index in [2.05, 4.69) is 15.4 Å². The number of allylic oxidation sites excluding steroid dienone is 1. The smallest absolute Gasteiger partial charge is 0.405 e. The van der Waals surface area contributed by atoms with E-state index in [1.807, 2.05) is 38.1 Å². The molecule has 6 rings (SSSR count). The number of halogens is 1. The lowest BCUT2D eigenvalue weighted by molar-refractivity contribution is -0.201. The molecule has 0 aromatic heterocycles. The highest BCUT2D eigenvalue weighted by Crippen LogP contribution is 2.47. The van der Waals surface area contributed by atoms with Crippen LogP contribution in [0.25, 0.3) is 6.08 Å². The molecular weight excluding hydrogens is 714 g/mol. The molecule has 3 aliphatic heterocycles. The summed E-state index contributed by atoms with van der Waals surface area (Å²) in [7, 11) is -2.50. The van der Waals surface area contributed by atoms with Crippen LogP contribution in [0.2, 0.25) is 5.02 Å². The summed E-state index contributed by atoms with van der Waals surface area (Å²) in [5, 5.41) is 17.2. The minimum absolute atomic E-state index is 0.00896. The highest BCUT2D eigenvalue weighted by Gasteiger charge is 2.63. The van der Waals surface area contributed by atoms with Crippen LogP contribution in [-0.4, -0.2) is 89.4 Å². The van der Waals surface area contributed by atoms with Crippen LogP contribution in [-0.2, 0) is 40.5 Å². The molecule has 0 radical (unpaired) electrons. The van der Waals surface area contributed by atoms with E-state index in [0.29, 0.717) is 43.0 Å². The van der Waals surface area contributed by atoms with Crippen molar-refractivity contribution in [3.05, 3.63) is 52.4 Å². The molecule has 4 amide bonds. The van der Waals surface area contributed by atoms with Crippen LogP contribution >= 0.6 is 11.6 Å². The molecule has 2 aliphatic carbocycles. The molecule has 1 aromatic rings. The van der Waals surface area contributed by atoms with Gasteiger partial charge in [0.2, 0.25) is 27.7 Å². The number of hydroxylamine groups is 2. The summed E-state index contributed by atoms with van der Waals surface area (Å²) in [4.78, 5) is 62.6. The molecule has 16 heteroatoms. The van der Waals surface area contributed by atoms with Gasteiger partial charge in [-0.25, -0.2) is 18.3 Å². The third kappa shape index (κ3) is 7.63. The van der Waals surface area contributed by atoms with Crippen molar-refractivity contribution in [2.75, 3.05) is 13.7 Å². The maximum absolute atomic E-state index is 14.5. The Balaban J connectivity index is 1.32. The second-order valence-electron chi connectivity index (χ2n) is 15.1. The first-order valence-electron chi connectivity index (χ1n) is 17.9. The third-order valence-electron chi connectivity index (χ3n) is 11.3. The van der Waals surface area contributed by atoms with Gasteiger partial charge in [-0.05, 0) is 80.5 Å². The number of nitrogens with one attached hydrogen (secondary N) is 3. The van der Waals surface area contributed by atoms with Crippen molar-refractivity contribution < 1.29 is 42.3 Å². The lowest BCUT2D eigenvalue weighted by atomic mass is 9.85. The number of hydrogen-bond acceptors (Lipinski definition) is 9. The second kappa shape index (κ2) is 14.5. The van der Waals surface area contributed by atoms with E-state index in [0.717, 1.165) is 17.5 Å². The van der Waals surface area contributed by atoms with E-state index in [-0.39, 0.29) is 37.8 Å². The fourth-order valence-electron chi connectivity index (χ4n) is 7.66. The van der Waals surface area contributed by atoms with E-state index in [9.17, 15) is 32.7 Å². The predicted molar refractivity (Wildman–Crippen MR) is 192 cm³/mol. The first-order chi connectivity index (χ1) is 24.6. The number of nitrogens with zero attached hydrogens (tertiary/aromatic N) is 2. The van der Waals surface area contributed by atoms with E-state index in [4.69, 9.17) is 21.2 Å². The van der Waals surface area contributed by atoms with Gasteiger partial charge in [0.15, 0.2) is 0 Å². The van der Waals surface area contributed by atoms with Crippen LogP contribution in [0.5, 0.6) is 0 Å². The topological polar surface area (TPSA) is 184 Å². The number of carboxylic acid groups (broad SMARTS) is 1. The molecule has 14 nitrogen and oxygen atoms in total. The van der Waals surface area contributed by atoms with Gasteiger partial charge in [-0.15, -0.1) is 0 Å². The van der Waals surface area contributed by atoms with Gasteiger partial charge in [0.1, 0.15) is 23.7 Å². The maximum atomic E-state index is 14.5. The Morgan fingerprint density at radius 3 is 2.62 bits per heavy atom. The molecule has 52 heavy (non-hydrogen) atoms. The van der Waals surface area contributed by atoms with E-state index >= 15 is 0 Å². The van der Waals surface area contributed by atoms with Gasteiger partial charge in [0.25, 0.3) is 5.91 Å². The van der Waals surface area contributed by atoms with Gasteiger partial charge in [0, 0.05) is 23.4 Å². The van der Waals surface area contributed by atoms with Crippen molar-refractivity contribution in [2.45, 2.75) is 107 Å². The van der Waals surface area contributed by atoms with Gasteiger partial charge in [-0.1, -0.05) is 50.1 Å². The average molecular weight is 762 g/mol. The van der Waals surface area contributed by atoms with Crippen LogP contribution in [0, 0.1) is 17.8 Å². The third-order valence-corrected chi connectivity index (χ3v) is 13.7. The van der Waals surface area contributed by atoms with Crippen LogP contribution in [0.15, 0.2) is 36.2 Å². The van der Waals surface area contributed by atoms with Gasteiger partial charge in [0.05, 0.1) is 24.9 Å².